The van der Waals surface area contributed by atoms with Crippen molar-refractivity contribution in [3.05, 3.63) is 22.4 Å². The summed E-state index contributed by atoms with van der Waals surface area (Å²) in [6, 6.07) is 1.88. The molecule has 0 radical (unpaired) electrons. The first-order chi connectivity index (χ1) is 9.61. The lowest BCUT2D eigenvalue weighted by molar-refractivity contribution is 0.0101. The van der Waals surface area contributed by atoms with E-state index in [-0.39, 0.29) is 12.0 Å². The largest absolute Gasteiger partial charge is 0.374 e. The number of nitrogens with one attached hydrogen (secondary N) is 1. The van der Waals surface area contributed by atoms with Crippen molar-refractivity contribution < 1.29 is 9.53 Å². The third-order valence-corrected chi connectivity index (χ3v) is 3.81. The molecule has 1 N–H and O–H groups in total. The van der Waals surface area contributed by atoms with Crippen LogP contribution in [0.2, 0.25) is 0 Å². The highest BCUT2D eigenvalue weighted by molar-refractivity contribution is 9.10. The molecule has 1 fully saturated rings. The molecule has 0 aliphatic carbocycles. The number of hydrogen-bond acceptors (Lipinski definition) is 3. The highest BCUT2D eigenvalue weighted by Crippen LogP contribution is 2.17. The highest BCUT2D eigenvalue weighted by Gasteiger charge is 2.21. The molecule has 1 amide bonds. The summed E-state index contributed by atoms with van der Waals surface area (Å²) in [6.45, 7) is 5.97. The summed E-state index contributed by atoms with van der Waals surface area (Å²) in [5.41, 5.74) is 0.727. The van der Waals surface area contributed by atoms with E-state index in [1.807, 2.05) is 23.9 Å². The number of morpholine rings is 1. The molecule has 0 saturated carbocycles. The predicted octanol–water partition coefficient (Wildman–Crippen LogP) is 1.72. The summed E-state index contributed by atoms with van der Waals surface area (Å²) >= 11 is 3.44. The molecule has 1 aromatic heterocycles. The predicted molar refractivity (Wildman–Crippen MR) is 82.0 cm³/mol. The summed E-state index contributed by atoms with van der Waals surface area (Å²) in [5, 5.41) is 3.28. The number of aromatic nitrogens is 1. The number of hydrogen-bond donors (Lipinski definition) is 1. The molecular weight excluding hydrogens is 322 g/mol. The molecule has 6 heteroatoms. The molecule has 1 atom stereocenters. The lowest BCUT2D eigenvalue weighted by atomic mass is 10.2. The van der Waals surface area contributed by atoms with Crippen molar-refractivity contribution in [2.45, 2.75) is 26.0 Å². The number of amides is 1. The lowest BCUT2D eigenvalue weighted by Crippen LogP contribution is -2.46. The fraction of sp³-hybridized carbons (Fsp3) is 0.643. The van der Waals surface area contributed by atoms with E-state index in [1.165, 1.54) is 0 Å². The van der Waals surface area contributed by atoms with Crippen LogP contribution in [0.25, 0.3) is 0 Å². The Labute approximate surface area is 128 Å². The molecule has 0 bridgehead atoms. The molecule has 1 unspecified atom stereocenters. The van der Waals surface area contributed by atoms with E-state index >= 15 is 0 Å². The quantitative estimate of drug-likeness (QED) is 0.885. The van der Waals surface area contributed by atoms with E-state index in [1.54, 1.807) is 4.90 Å². The molecular formula is C14H22BrN3O2. The van der Waals surface area contributed by atoms with Crippen LogP contribution < -0.4 is 5.32 Å². The number of ether oxygens (including phenoxy) is 1. The van der Waals surface area contributed by atoms with Crippen molar-refractivity contribution in [2.75, 3.05) is 33.3 Å². The first-order valence-corrected chi connectivity index (χ1v) is 7.84. The lowest BCUT2D eigenvalue weighted by Gasteiger charge is -2.28. The van der Waals surface area contributed by atoms with E-state index in [2.05, 4.69) is 28.2 Å². The van der Waals surface area contributed by atoms with E-state index in [4.69, 9.17) is 4.74 Å². The Morgan fingerprint density at radius 1 is 1.65 bits per heavy atom. The summed E-state index contributed by atoms with van der Waals surface area (Å²) in [6.07, 6.45) is 3.04. The molecule has 1 saturated heterocycles. The number of carbonyl (C=O) groups is 1. The van der Waals surface area contributed by atoms with Gasteiger partial charge < -0.3 is 19.5 Å². The minimum atomic E-state index is 0.0401. The number of likely N-dealkylation sites (N-methyl/N-ethyl adjacent to an activating group) is 1. The Morgan fingerprint density at radius 3 is 3.10 bits per heavy atom. The molecule has 2 heterocycles. The van der Waals surface area contributed by atoms with Gasteiger partial charge in [0, 0.05) is 43.9 Å². The number of carbonyl (C=O) groups excluding carboxylic acids is 1. The van der Waals surface area contributed by atoms with Gasteiger partial charge in [-0.1, -0.05) is 6.92 Å². The maximum absolute atomic E-state index is 12.5. The number of aryl methyl sites for hydroxylation is 1. The fourth-order valence-electron chi connectivity index (χ4n) is 2.40. The van der Waals surface area contributed by atoms with Crippen LogP contribution in [0.4, 0.5) is 0 Å². The van der Waals surface area contributed by atoms with E-state index in [0.717, 1.165) is 36.2 Å². The van der Waals surface area contributed by atoms with Crippen molar-refractivity contribution in [1.82, 2.24) is 14.8 Å². The first kappa shape index (κ1) is 15.5. The second-order valence-corrected chi connectivity index (χ2v) is 6.04. The van der Waals surface area contributed by atoms with Crippen molar-refractivity contribution in [3.63, 3.8) is 0 Å². The van der Waals surface area contributed by atoms with Gasteiger partial charge >= 0.3 is 0 Å². The summed E-state index contributed by atoms with van der Waals surface area (Å²) in [7, 11) is 1.83. The molecule has 0 aromatic carbocycles. The number of halogens is 1. The van der Waals surface area contributed by atoms with Gasteiger partial charge in [0.15, 0.2) is 0 Å². The van der Waals surface area contributed by atoms with Crippen LogP contribution in [-0.2, 0) is 11.3 Å². The van der Waals surface area contributed by atoms with Crippen molar-refractivity contribution >= 4 is 21.8 Å². The Hall–Kier alpha value is -0.850. The van der Waals surface area contributed by atoms with Gasteiger partial charge in [-0.15, -0.1) is 0 Å². The van der Waals surface area contributed by atoms with Gasteiger partial charge in [0.2, 0.25) is 0 Å². The minimum Gasteiger partial charge on any atom is -0.374 e. The fourth-order valence-corrected chi connectivity index (χ4v) is 2.86. The Bertz CT molecular complexity index is 455. The van der Waals surface area contributed by atoms with Crippen LogP contribution >= 0.6 is 15.9 Å². The van der Waals surface area contributed by atoms with Crippen LogP contribution in [-0.4, -0.2) is 54.8 Å². The maximum Gasteiger partial charge on any atom is 0.270 e. The average molecular weight is 344 g/mol. The van der Waals surface area contributed by atoms with Crippen molar-refractivity contribution in [2.24, 2.45) is 0 Å². The second kappa shape index (κ2) is 7.24. The SMILES string of the molecule is CCCn1cc(Br)cc1C(=O)N(C)CC1CNCCO1. The zero-order chi connectivity index (χ0) is 14.5. The minimum absolute atomic E-state index is 0.0401. The van der Waals surface area contributed by atoms with Crippen LogP contribution in [0.15, 0.2) is 16.7 Å². The molecule has 2 rings (SSSR count). The molecule has 5 nitrogen and oxygen atoms in total. The van der Waals surface area contributed by atoms with Gasteiger partial charge in [0.1, 0.15) is 5.69 Å². The van der Waals surface area contributed by atoms with E-state index in [0.29, 0.717) is 13.2 Å². The van der Waals surface area contributed by atoms with Gasteiger partial charge in [0.05, 0.1) is 12.7 Å². The zero-order valence-corrected chi connectivity index (χ0v) is 13.6. The molecule has 20 heavy (non-hydrogen) atoms. The average Bonchev–Trinajstić information content (AvgIpc) is 2.80. The van der Waals surface area contributed by atoms with Crippen LogP contribution in [0.1, 0.15) is 23.8 Å². The second-order valence-electron chi connectivity index (χ2n) is 5.12. The maximum atomic E-state index is 12.5. The Kier molecular flexibility index (Phi) is 5.63. The summed E-state index contributed by atoms with van der Waals surface area (Å²) < 4.78 is 8.59. The van der Waals surface area contributed by atoms with Crippen LogP contribution in [0.5, 0.6) is 0 Å². The molecule has 1 aromatic rings. The molecule has 112 valence electrons. The summed E-state index contributed by atoms with van der Waals surface area (Å²) in [4.78, 5) is 14.3. The van der Waals surface area contributed by atoms with Gasteiger partial charge in [-0.3, -0.25) is 4.79 Å². The van der Waals surface area contributed by atoms with Gasteiger partial charge in [-0.05, 0) is 28.4 Å². The molecule has 1 aliphatic heterocycles. The van der Waals surface area contributed by atoms with E-state index < -0.39 is 0 Å². The number of nitrogens with zero attached hydrogens (tertiary/aromatic N) is 2. The van der Waals surface area contributed by atoms with Gasteiger partial charge in [-0.25, -0.2) is 0 Å². The molecule has 0 spiro atoms. The zero-order valence-electron chi connectivity index (χ0n) is 12.1. The first-order valence-electron chi connectivity index (χ1n) is 7.05. The van der Waals surface area contributed by atoms with Crippen molar-refractivity contribution in [1.29, 1.82) is 0 Å². The standard InChI is InChI=1S/C14H22BrN3O2/c1-3-5-18-9-11(15)7-13(18)14(19)17(2)10-12-8-16-4-6-20-12/h7,9,12,16H,3-6,8,10H2,1-2H3. The van der Waals surface area contributed by atoms with Crippen LogP contribution in [0.3, 0.4) is 0 Å². The highest BCUT2D eigenvalue weighted by atomic mass is 79.9. The molecule has 1 aliphatic rings. The van der Waals surface area contributed by atoms with Gasteiger partial charge in [-0.2, -0.15) is 0 Å². The Balaban J connectivity index is 2.01. The normalized spacial score (nSPS) is 19.1. The monoisotopic (exact) mass is 343 g/mol. The third-order valence-electron chi connectivity index (χ3n) is 3.38. The Morgan fingerprint density at radius 2 is 2.45 bits per heavy atom. The van der Waals surface area contributed by atoms with E-state index in [9.17, 15) is 4.79 Å². The van der Waals surface area contributed by atoms with Crippen LogP contribution in [0, 0.1) is 0 Å². The summed E-state index contributed by atoms with van der Waals surface area (Å²) in [5.74, 6) is 0.0401. The topological polar surface area (TPSA) is 46.5 Å². The third kappa shape index (κ3) is 3.84. The van der Waals surface area contributed by atoms with Crippen molar-refractivity contribution in [3.8, 4) is 0 Å². The number of rotatable bonds is 5. The van der Waals surface area contributed by atoms with Gasteiger partial charge in [0.25, 0.3) is 5.91 Å². The smallest absolute Gasteiger partial charge is 0.270 e.